The Morgan fingerprint density at radius 2 is 2.00 bits per heavy atom. The predicted molar refractivity (Wildman–Crippen MR) is 107 cm³/mol. The predicted octanol–water partition coefficient (Wildman–Crippen LogP) is 1.15. The number of Topliss-reactive ketones (excluding diaryl/α,β-unsaturated/α-hetero) is 1. The number of nitrogens with zero attached hydrogens (tertiary/aromatic N) is 2. The fourth-order valence-electron chi connectivity index (χ4n) is 4.03. The number of ketones is 1. The van der Waals surface area contributed by atoms with Crippen LogP contribution in [0.5, 0.6) is 0 Å². The molecule has 0 saturated carbocycles. The molecule has 1 aliphatic heterocycles. The highest BCUT2D eigenvalue weighted by atomic mass is 16.3. The highest BCUT2D eigenvalue weighted by Crippen LogP contribution is 2.17. The summed E-state index contributed by atoms with van der Waals surface area (Å²) >= 11 is 0. The van der Waals surface area contributed by atoms with Crippen molar-refractivity contribution in [2.24, 2.45) is 0 Å². The number of aromatic amines is 1. The Morgan fingerprint density at radius 3 is 2.68 bits per heavy atom. The fourth-order valence-corrected chi connectivity index (χ4v) is 4.03. The first-order valence-electron chi connectivity index (χ1n) is 9.89. The van der Waals surface area contributed by atoms with Gasteiger partial charge in [-0.3, -0.25) is 9.69 Å². The zero-order chi connectivity index (χ0) is 19.5. The fraction of sp³-hybridized carbons (Fsp3) is 0.364. The van der Waals surface area contributed by atoms with Crippen LogP contribution in [0.15, 0.2) is 53.3 Å². The van der Waals surface area contributed by atoms with E-state index in [1.54, 1.807) is 6.26 Å². The third-order valence-electron chi connectivity index (χ3n) is 5.68. The molecule has 4 heterocycles. The van der Waals surface area contributed by atoms with Gasteiger partial charge in [-0.1, -0.05) is 6.07 Å². The number of H-pyrrole nitrogens is 1. The highest BCUT2D eigenvalue weighted by Gasteiger charge is 2.28. The number of furan rings is 1. The SMILES string of the molecule is Cc1cc(C(=O)C[NH+]2CCN(c3cccc[nH+]3)CC2)c(C)n1Cc1ccco1. The highest BCUT2D eigenvalue weighted by molar-refractivity contribution is 5.98. The number of carbonyl (C=O) groups is 1. The van der Waals surface area contributed by atoms with Gasteiger partial charge in [0.05, 0.1) is 19.0 Å². The summed E-state index contributed by atoms with van der Waals surface area (Å²) < 4.78 is 7.63. The molecule has 1 saturated heterocycles. The second kappa shape index (κ2) is 8.02. The van der Waals surface area contributed by atoms with Gasteiger partial charge in [-0.25, -0.2) is 4.98 Å². The van der Waals surface area contributed by atoms with E-state index < -0.39 is 0 Å². The zero-order valence-corrected chi connectivity index (χ0v) is 16.6. The molecule has 0 unspecified atom stereocenters. The summed E-state index contributed by atoms with van der Waals surface area (Å²) in [5, 5.41) is 0. The molecule has 0 amide bonds. The van der Waals surface area contributed by atoms with Gasteiger partial charge in [0.25, 0.3) is 5.82 Å². The van der Waals surface area contributed by atoms with Gasteiger partial charge in [0.1, 0.15) is 38.5 Å². The molecule has 0 aromatic carbocycles. The Balaban J connectivity index is 1.38. The van der Waals surface area contributed by atoms with Gasteiger partial charge in [-0.15, -0.1) is 0 Å². The van der Waals surface area contributed by atoms with Gasteiger partial charge in [0, 0.05) is 23.0 Å². The third kappa shape index (κ3) is 3.87. The van der Waals surface area contributed by atoms with Crippen LogP contribution in [0.4, 0.5) is 5.82 Å². The van der Waals surface area contributed by atoms with Crippen molar-refractivity contribution in [1.82, 2.24) is 4.57 Å². The molecule has 0 atom stereocenters. The Hall–Kier alpha value is -2.86. The van der Waals surface area contributed by atoms with Crippen LogP contribution in [0.25, 0.3) is 0 Å². The number of piperazine rings is 1. The number of anilines is 1. The minimum atomic E-state index is 0.230. The lowest BCUT2D eigenvalue weighted by Crippen LogP contribution is -3.15. The van der Waals surface area contributed by atoms with E-state index in [0.717, 1.165) is 54.7 Å². The van der Waals surface area contributed by atoms with E-state index in [9.17, 15) is 4.79 Å². The van der Waals surface area contributed by atoms with Crippen molar-refractivity contribution >= 4 is 11.6 Å². The lowest BCUT2D eigenvalue weighted by molar-refractivity contribution is -0.892. The first kappa shape index (κ1) is 18.5. The Bertz CT molecular complexity index is 923. The van der Waals surface area contributed by atoms with Gasteiger partial charge in [-0.05, 0) is 38.1 Å². The van der Waals surface area contributed by atoms with Gasteiger partial charge in [0.15, 0.2) is 0 Å². The summed E-state index contributed by atoms with van der Waals surface area (Å²) in [6.45, 7) is 9.16. The van der Waals surface area contributed by atoms with Gasteiger partial charge in [-0.2, -0.15) is 0 Å². The summed E-state index contributed by atoms with van der Waals surface area (Å²) in [4.78, 5) is 20.0. The minimum Gasteiger partial charge on any atom is -0.467 e. The van der Waals surface area contributed by atoms with Gasteiger partial charge in [0.2, 0.25) is 5.78 Å². The lowest BCUT2D eigenvalue weighted by Gasteiger charge is -2.27. The monoisotopic (exact) mass is 380 g/mol. The van der Waals surface area contributed by atoms with E-state index in [0.29, 0.717) is 13.1 Å². The van der Waals surface area contributed by atoms with Crippen LogP contribution in [-0.2, 0) is 6.54 Å². The van der Waals surface area contributed by atoms with E-state index in [2.05, 4.69) is 27.4 Å². The summed E-state index contributed by atoms with van der Waals surface area (Å²) in [5.41, 5.74) is 2.96. The van der Waals surface area contributed by atoms with Crippen molar-refractivity contribution in [3.63, 3.8) is 0 Å². The standard InChI is InChI=1S/C22H26N4O2/c1-17-14-20(18(2)26(17)15-19-6-5-13-28-19)21(27)16-24-9-11-25(12-10-24)22-7-3-4-8-23-22/h3-8,13-14H,9-12,15-16H2,1-2H3/p+2. The number of aryl methyl sites for hydroxylation is 1. The molecular weight excluding hydrogens is 352 g/mol. The number of quaternary nitrogens is 1. The molecule has 6 heteroatoms. The maximum atomic E-state index is 13.0. The number of carbonyl (C=O) groups excluding carboxylic acids is 1. The number of nitrogens with one attached hydrogen (secondary N) is 2. The van der Waals surface area contributed by atoms with Crippen molar-refractivity contribution < 1.29 is 19.1 Å². The van der Waals surface area contributed by atoms with Crippen LogP contribution in [-0.4, -0.2) is 43.1 Å². The number of rotatable bonds is 6. The van der Waals surface area contributed by atoms with Crippen LogP contribution < -0.4 is 14.8 Å². The molecule has 3 aromatic rings. The molecule has 0 aliphatic carbocycles. The number of pyridine rings is 1. The average molecular weight is 380 g/mol. The molecule has 4 rings (SSSR count). The van der Waals surface area contributed by atoms with E-state index in [4.69, 9.17) is 4.42 Å². The van der Waals surface area contributed by atoms with E-state index in [-0.39, 0.29) is 5.78 Å². The zero-order valence-electron chi connectivity index (χ0n) is 16.6. The van der Waals surface area contributed by atoms with Gasteiger partial charge < -0.3 is 13.9 Å². The Morgan fingerprint density at radius 1 is 1.18 bits per heavy atom. The van der Waals surface area contributed by atoms with E-state index in [1.807, 2.05) is 43.5 Å². The Labute approximate surface area is 165 Å². The van der Waals surface area contributed by atoms with Crippen LogP contribution in [0, 0.1) is 13.8 Å². The normalized spacial score (nSPS) is 15.1. The smallest absolute Gasteiger partial charge is 0.274 e. The second-order valence-electron chi connectivity index (χ2n) is 7.54. The third-order valence-corrected chi connectivity index (χ3v) is 5.68. The molecule has 1 aliphatic rings. The molecule has 0 radical (unpaired) electrons. The lowest BCUT2D eigenvalue weighted by atomic mass is 10.1. The molecule has 0 spiro atoms. The van der Waals surface area contributed by atoms with Crippen molar-refractivity contribution in [3.05, 3.63) is 71.6 Å². The van der Waals surface area contributed by atoms with E-state index >= 15 is 0 Å². The first-order chi connectivity index (χ1) is 13.6. The number of hydrogen-bond acceptors (Lipinski definition) is 3. The summed E-state index contributed by atoms with van der Waals surface area (Å²) in [7, 11) is 0. The van der Waals surface area contributed by atoms with Crippen LogP contribution >= 0.6 is 0 Å². The molecule has 2 N–H and O–H groups in total. The largest absolute Gasteiger partial charge is 0.467 e. The quantitative estimate of drug-likeness (QED) is 0.653. The molecule has 3 aromatic heterocycles. The van der Waals surface area contributed by atoms with Crippen LogP contribution in [0.2, 0.25) is 0 Å². The van der Waals surface area contributed by atoms with Crippen molar-refractivity contribution in [2.75, 3.05) is 37.6 Å². The van der Waals surface area contributed by atoms with Crippen molar-refractivity contribution in [1.29, 1.82) is 0 Å². The molecule has 28 heavy (non-hydrogen) atoms. The van der Waals surface area contributed by atoms with Crippen molar-refractivity contribution in [2.45, 2.75) is 20.4 Å². The molecule has 146 valence electrons. The maximum Gasteiger partial charge on any atom is 0.274 e. The second-order valence-corrected chi connectivity index (χ2v) is 7.54. The average Bonchev–Trinajstić information content (AvgIpc) is 3.33. The van der Waals surface area contributed by atoms with Gasteiger partial charge >= 0.3 is 0 Å². The van der Waals surface area contributed by atoms with Crippen molar-refractivity contribution in [3.8, 4) is 0 Å². The summed E-state index contributed by atoms with van der Waals surface area (Å²) in [5.74, 6) is 2.28. The molecule has 0 bridgehead atoms. The van der Waals surface area contributed by atoms with Crippen LogP contribution in [0.1, 0.15) is 27.5 Å². The first-order valence-corrected chi connectivity index (χ1v) is 9.89. The van der Waals surface area contributed by atoms with E-state index in [1.165, 1.54) is 4.90 Å². The minimum absolute atomic E-state index is 0.230. The topological polar surface area (TPSA) is 57.0 Å². The summed E-state index contributed by atoms with van der Waals surface area (Å²) in [6.07, 6.45) is 3.64. The molecular formula is C22H28N4O2+2. The molecule has 1 fully saturated rings. The maximum absolute atomic E-state index is 13.0. The summed E-state index contributed by atoms with van der Waals surface area (Å²) in [6, 6.07) is 12.0. The molecule has 6 nitrogen and oxygen atoms in total. The van der Waals surface area contributed by atoms with Crippen LogP contribution in [0.3, 0.4) is 0 Å². The number of hydrogen-bond donors (Lipinski definition) is 1. The number of aromatic nitrogens is 2. The Kier molecular flexibility index (Phi) is 5.30.